The molecule has 106 valence electrons. The lowest BCUT2D eigenvalue weighted by molar-refractivity contribution is 0.204. The third kappa shape index (κ3) is 3.11. The molecule has 1 aromatic carbocycles. The molecule has 19 heavy (non-hydrogen) atoms. The van der Waals surface area contributed by atoms with Gasteiger partial charge >= 0.3 is 0 Å². The van der Waals surface area contributed by atoms with Gasteiger partial charge < -0.3 is 4.74 Å². The number of benzene rings is 1. The molecule has 0 aliphatic heterocycles. The molecule has 1 nitrogen and oxygen atoms in total. The number of halogens is 2. The molecule has 0 aromatic heterocycles. The lowest BCUT2D eigenvalue weighted by Crippen LogP contribution is -2.25. The van der Waals surface area contributed by atoms with Gasteiger partial charge in [0.2, 0.25) is 0 Å². The summed E-state index contributed by atoms with van der Waals surface area (Å²) in [6, 6.07) is 4.20. The van der Waals surface area contributed by atoms with E-state index in [4.69, 9.17) is 16.3 Å². The Morgan fingerprint density at radius 3 is 2.47 bits per heavy atom. The van der Waals surface area contributed by atoms with E-state index < -0.39 is 0 Å². The van der Waals surface area contributed by atoms with E-state index in [1.807, 2.05) is 0 Å². The highest BCUT2D eigenvalue weighted by molar-refractivity contribution is 9.10. The highest BCUT2D eigenvalue weighted by Gasteiger charge is 2.36. The third-order valence-corrected chi connectivity index (χ3v) is 6.01. The summed E-state index contributed by atoms with van der Waals surface area (Å²) in [4.78, 5) is 0. The minimum atomic E-state index is 0.0136. The molecule has 0 heterocycles. The average molecular weight is 346 g/mol. The van der Waals surface area contributed by atoms with E-state index >= 15 is 0 Å². The Labute approximate surface area is 129 Å². The van der Waals surface area contributed by atoms with Crippen molar-refractivity contribution in [2.24, 2.45) is 5.41 Å². The molecule has 1 atom stereocenters. The molecule has 1 saturated carbocycles. The van der Waals surface area contributed by atoms with Crippen molar-refractivity contribution >= 4 is 27.5 Å². The van der Waals surface area contributed by atoms with Gasteiger partial charge in [-0.15, -0.1) is 11.6 Å². The maximum absolute atomic E-state index is 6.83. The number of methoxy groups -OCH3 is 1. The van der Waals surface area contributed by atoms with Crippen molar-refractivity contribution in [2.45, 2.75) is 51.3 Å². The van der Waals surface area contributed by atoms with E-state index in [1.54, 1.807) is 7.11 Å². The van der Waals surface area contributed by atoms with Crippen molar-refractivity contribution in [3.8, 4) is 5.75 Å². The number of hydrogen-bond donors (Lipinski definition) is 0. The molecule has 0 bridgehead atoms. The van der Waals surface area contributed by atoms with Crippen molar-refractivity contribution < 1.29 is 4.74 Å². The van der Waals surface area contributed by atoms with E-state index in [2.05, 4.69) is 41.9 Å². The minimum Gasteiger partial charge on any atom is -0.496 e. The molecule has 1 fully saturated rings. The number of alkyl halides is 1. The largest absolute Gasteiger partial charge is 0.496 e. The van der Waals surface area contributed by atoms with Crippen LogP contribution >= 0.6 is 27.5 Å². The molecule has 0 spiro atoms. The molecule has 1 aliphatic rings. The summed E-state index contributed by atoms with van der Waals surface area (Å²) < 4.78 is 6.64. The first kappa shape index (κ1) is 15.2. The van der Waals surface area contributed by atoms with Gasteiger partial charge in [0.05, 0.1) is 12.5 Å². The first-order valence-corrected chi connectivity index (χ1v) is 8.19. The van der Waals surface area contributed by atoms with Crippen LogP contribution in [0.3, 0.4) is 0 Å². The van der Waals surface area contributed by atoms with Crippen LogP contribution in [-0.4, -0.2) is 7.11 Å². The van der Waals surface area contributed by atoms with Crippen LogP contribution in [0.4, 0.5) is 0 Å². The SMILES string of the molecule is COc1cc(C)c(Br)cc1C(Cl)C1(C)CCCCC1. The first-order valence-electron chi connectivity index (χ1n) is 6.96. The normalized spacial score (nSPS) is 20.1. The van der Waals surface area contributed by atoms with Crippen molar-refractivity contribution in [1.29, 1.82) is 0 Å². The molecule has 1 aromatic rings. The highest BCUT2D eigenvalue weighted by atomic mass is 79.9. The lowest BCUT2D eigenvalue weighted by Gasteiger charge is -2.38. The summed E-state index contributed by atoms with van der Waals surface area (Å²) in [6.07, 6.45) is 6.32. The molecule has 0 N–H and O–H groups in total. The van der Waals surface area contributed by atoms with E-state index in [1.165, 1.54) is 37.7 Å². The van der Waals surface area contributed by atoms with Gasteiger partial charge in [-0.3, -0.25) is 0 Å². The first-order chi connectivity index (χ1) is 8.98. The Kier molecular flexibility index (Phi) is 4.84. The van der Waals surface area contributed by atoms with Gasteiger partial charge in [-0.05, 0) is 42.9 Å². The maximum Gasteiger partial charge on any atom is 0.123 e. The molecule has 3 heteroatoms. The summed E-state index contributed by atoms with van der Waals surface area (Å²) in [7, 11) is 1.72. The zero-order valence-electron chi connectivity index (χ0n) is 11.9. The van der Waals surface area contributed by atoms with E-state index in [0.29, 0.717) is 0 Å². The monoisotopic (exact) mass is 344 g/mol. The Morgan fingerprint density at radius 2 is 1.89 bits per heavy atom. The topological polar surface area (TPSA) is 9.23 Å². The maximum atomic E-state index is 6.83. The summed E-state index contributed by atoms with van der Waals surface area (Å²) in [5.41, 5.74) is 2.48. The van der Waals surface area contributed by atoms with Crippen LogP contribution in [0.5, 0.6) is 5.75 Å². The van der Waals surface area contributed by atoms with E-state index in [0.717, 1.165) is 15.8 Å². The lowest BCUT2D eigenvalue weighted by atomic mass is 9.71. The second-order valence-electron chi connectivity index (χ2n) is 5.92. The molecule has 1 unspecified atom stereocenters. The number of ether oxygens (including phenoxy) is 1. The number of rotatable bonds is 3. The Morgan fingerprint density at radius 1 is 1.26 bits per heavy atom. The number of hydrogen-bond acceptors (Lipinski definition) is 1. The van der Waals surface area contributed by atoms with Crippen LogP contribution in [0.1, 0.15) is 55.5 Å². The molecule has 0 saturated heterocycles. The van der Waals surface area contributed by atoms with E-state index in [-0.39, 0.29) is 10.8 Å². The van der Waals surface area contributed by atoms with Gasteiger partial charge in [-0.25, -0.2) is 0 Å². The average Bonchev–Trinajstić information content (AvgIpc) is 2.41. The summed E-state index contributed by atoms with van der Waals surface area (Å²) >= 11 is 10.4. The van der Waals surface area contributed by atoms with Crippen molar-refractivity contribution in [3.05, 3.63) is 27.7 Å². The van der Waals surface area contributed by atoms with Crippen LogP contribution in [0, 0.1) is 12.3 Å². The predicted octanol–water partition coefficient (Wildman–Crippen LogP) is 6.02. The molecule has 0 amide bonds. The fourth-order valence-electron chi connectivity index (χ4n) is 3.03. The fourth-order valence-corrected chi connectivity index (χ4v) is 3.78. The van der Waals surface area contributed by atoms with Crippen LogP contribution in [-0.2, 0) is 0 Å². The quantitative estimate of drug-likeness (QED) is 0.609. The van der Waals surface area contributed by atoms with Gasteiger partial charge in [-0.2, -0.15) is 0 Å². The van der Waals surface area contributed by atoms with Gasteiger partial charge in [0, 0.05) is 10.0 Å². The smallest absolute Gasteiger partial charge is 0.123 e. The summed E-state index contributed by atoms with van der Waals surface area (Å²) in [6.45, 7) is 4.39. The summed E-state index contributed by atoms with van der Waals surface area (Å²) in [5, 5.41) is 0.0136. The van der Waals surface area contributed by atoms with Crippen LogP contribution in [0.15, 0.2) is 16.6 Å². The number of aryl methyl sites for hydroxylation is 1. The Hall–Kier alpha value is -0.210. The Bertz CT molecular complexity index is 452. The molecule has 1 aliphatic carbocycles. The third-order valence-electron chi connectivity index (χ3n) is 4.39. The van der Waals surface area contributed by atoms with Crippen molar-refractivity contribution in [3.63, 3.8) is 0 Å². The Balaban J connectivity index is 2.37. The minimum absolute atomic E-state index is 0.0136. The second kappa shape index (κ2) is 6.05. The highest BCUT2D eigenvalue weighted by Crippen LogP contribution is 2.51. The standard InChI is InChI=1S/C16H22BrClO/c1-11-9-14(19-3)12(10-13(11)17)15(18)16(2)7-5-4-6-8-16/h9-10,15H,4-8H2,1-3H3. The zero-order valence-corrected chi connectivity index (χ0v) is 14.3. The molecule has 0 radical (unpaired) electrons. The van der Waals surface area contributed by atoms with Gasteiger partial charge in [0.25, 0.3) is 0 Å². The van der Waals surface area contributed by atoms with Crippen LogP contribution < -0.4 is 4.74 Å². The predicted molar refractivity (Wildman–Crippen MR) is 85.2 cm³/mol. The van der Waals surface area contributed by atoms with E-state index in [9.17, 15) is 0 Å². The van der Waals surface area contributed by atoms with Crippen molar-refractivity contribution in [1.82, 2.24) is 0 Å². The van der Waals surface area contributed by atoms with Gasteiger partial charge in [0.15, 0.2) is 0 Å². The molecule has 2 rings (SSSR count). The second-order valence-corrected chi connectivity index (χ2v) is 7.21. The zero-order chi connectivity index (χ0) is 14.0. The van der Waals surface area contributed by atoms with Gasteiger partial charge in [-0.1, -0.05) is 42.1 Å². The fraction of sp³-hybridized carbons (Fsp3) is 0.625. The summed E-state index contributed by atoms with van der Waals surface area (Å²) in [5.74, 6) is 0.910. The molecular weight excluding hydrogens is 324 g/mol. The van der Waals surface area contributed by atoms with Crippen LogP contribution in [0.2, 0.25) is 0 Å². The van der Waals surface area contributed by atoms with Crippen molar-refractivity contribution in [2.75, 3.05) is 7.11 Å². The molecular formula is C16H22BrClO. The van der Waals surface area contributed by atoms with Gasteiger partial charge in [0.1, 0.15) is 5.75 Å². The van der Waals surface area contributed by atoms with Crippen LogP contribution in [0.25, 0.3) is 0 Å².